The normalized spacial score (nSPS) is 40.3. The zero-order valence-corrected chi connectivity index (χ0v) is 20.0. The van der Waals surface area contributed by atoms with Crippen molar-refractivity contribution in [3.63, 3.8) is 0 Å². The van der Waals surface area contributed by atoms with E-state index in [1.807, 2.05) is 0 Å². The topological polar surface area (TPSA) is 31.5 Å². The number of para-hydroxylation sites is 1. The first kappa shape index (κ1) is 20.1. The highest BCUT2D eigenvalue weighted by atomic mass is 19.1. The van der Waals surface area contributed by atoms with E-state index in [4.69, 9.17) is 4.74 Å². The molecule has 1 aromatic carbocycles. The quantitative estimate of drug-likeness (QED) is 0.669. The van der Waals surface area contributed by atoms with E-state index >= 15 is 4.39 Å². The maximum atomic E-state index is 16.1. The van der Waals surface area contributed by atoms with Crippen molar-refractivity contribution in [1.82, 2.24) is 14.8 Å². The molecule has 1 N–H and O–H groups in total. The Balaban J connectivity index is 1.17. The number of aromatic nitrogens is 1. The monoisotopic (exact) mass is 459 g/mol. The molecule has 4 aliphatic carbocycles. The number of nitrogens with one attached hydrogen (secondary N) is 1. The zero-order chi connectivity index (χ0) is 22.6. The fourth-order valence-corrected chi connectivity index (χ4v) is 8.95. The minimum Gasteiger partial charge on any atom is -0.492 e. The number of likely N-dealkylation sites (tertiary alicyclic amines) is 1. The van der Waals surface area contributed by atoms with E-state index in [2.05, 4.69) is 52.0 Å². The smallest absolute Gasteiger partial charge is 0.118 e. The first-order valence-corrected chi connectivity index (χ1v) is 13.5. The number of allylic oxidation sites excluding steroid dienone is 2. The van der Waals surface area contributed by atoms with Crippen LogP contribution in [0.3, 0.4) is 0 Å². The average molecular weight is 460 g/mol. The van der Waals surface area contributed by atoms with Crippen LogP contribution in [-0.4, -0.2) is 52.6 Å². The van der Waals surface area contributed by atoms with Gasteiger partial charge in [0.1, 0.15) is 18.2 Å². The first-order valence-electron chi connectivity index (χ1n) is 13.5. The van der Waals surface area contributed by atoms with Crippen LogP contribution in [0.1, 0.15) is 49.9 Å². The number of benzene rings is 1. The number of H-pyrrole nitrogens is 1. The lowest BCUT2D eigenvalue weighted by atomic mass is 9.34. The van der Waals surface area contributed by atoms with Crippen LogP contribution in [0.5, 0.6) is 0 Å². The molecule has 1 aromatic heterocycles. The molecule has 0 radical (unpaired) electrons. The Morgan fingerprint density at radius 1 is 1.18 bits per heavy atom. The molecule has 34 heavy (non-hydrogen) atoms. The number of halogens is 1. The van der Waals surface area contributed by atoms with Gasteiger partial charge in [-0.15, -0.1) is 0 Å². The van der Waals surface area contributed by atoms with Gasteiger partial charge in [-0.05, 0) is 87.6 Å². The van der Waals surface area contributed by atoms with Gasteiger partial charge in [0, 0.05) is 46.7 Å². The maximum absolute atomic E-state index is 16.1. The van der Waals surface area contributed by atoms with E-state index in [1.54, 1.807) is 6.08 Å². The Morgan fingerprint density at radius 3 is 2.79 bits per heavy atom. The SMILES string of the molecule is C[C@@H]1Cc2c([nH]c3ccccc23)[C@H]2C3C(F)=CC(OCCN4CCCC4)=CC3C3C4CC3(C4)N12. The van der Waals surface area contributed by atoms with Crippen molar-refractivity contribution in [2.75, 3.05) is 26.2 Å². The standard InChI is InChI=1S/C29H34FN3O/c1-17-12-21-20-6-2-3-7-24(20)31-27(21)28-25-22(26-18-15-29(26,16-18)33(17)28)13-19(14-23(25)30)34-11-10-32-8-4-5-9-32/h2-3,6-7,13-14,17-18,22,25-26,28,31H,4-5,8-12,15-16H2,1H3/t17-,18?,22?,25?,26?,28-,29?/m1/s1. The first-order chi connectivity index (χ1) is 16.6. The molecule has 178 valence electrons. The molecule has 2 aromatic rings. The summed E-state index contributed by atoms with van der Waals surface area (Å²) in [4.78, 5) is 8.99. The zero-order valence-electron chi connectivity index (χ0n) is 20.0. The predicted octanol–water partition coefficient (Wildman–Crippen LogP) is 5.34. The van der Waals surface area contributed by atoms with Crippen LogP contribution in [-0.2, 0) is 11.2 Å². The number of nitrogens with zero attached hydrogens (tertiary/aromatic N) is 2. The van der Waals surface area contributed by atoms with E-state index in [-0.39, 0.29) is 29.2 Å². The number of piperidine rings is 1. The fourth-order valence-electron chi connectivity index (χ4n) is 8.95. The lowest BCUT2D eigenvalue weighted by Gasteiger charge is -2.80. The molecule has 5 fully saturated rings. The van der Waals surface area contributed by atoms with Crippen molar-refractivity contribution in [3.05, 3.63) is 59.3 Å². The molecule has 0 amide bonds. The number of hydrogen-bond donors (Lipinski definition) is 1. The molecule has 9 rings (SSSR count). The van der Waals surface area contributed by atoms with E-state index in [1.165, 1.54) is 60.9 Å². The minimum absolute atomic E-state index is 0.0264. The third-order valence-electron chi connectivity index (χ3n) is 10.3. The molecule has 4 heterocycles. The fraction of sp³-hybridized carbons (Fsp3) is 0.586. The number of hydrogen-bond acceptors (Lipinski definition) is 3. The number of fused-ring (bicyclic) bond motifs is 7. The van der Waals surface area contributed by atoms with E-state index in [0.717, 1.165) is 24.6 Å². The molecular formula is C29H34FN3O. The molecule has 2 bridgehead atoms. The van der Waals surface area contributed by atoms with Gasteiger partial charge >= 0.3 is 0 Å². The Bertz CT molecular complexity index is 1220. The summed E-state index contributed by atoms with van der Waals surface area (Å²) in [5.74, 6) is 2.27. The van der Waals surface area contributed by atoms with Crippen LogP contribution in [0, 0.1) is 23.7 Å². The summed E-state index contributed by atoms with van der Waals surface area (Å²) in [5, 5.41) is 1.32. The molecule has 5 heteroatoms. The molecule has 3 aliphatic heterocycles. The Hall–Kier alpha value is -2.11. The van der Waals surface area contributed by atoms with Crippen molar-refractivity contribution in [2.45, 2.75) is 56.7 Å². The van der Waals surface area contributed by atoms with Crippen LogP contribution in [0.25, 0.3) is 10.9 Å². The van der Waals surface area contributed by atoms with Crippen LogP contribution in [0.4, 0.5) is 4.39 Å². The van der Waals surface area contributed by atoms with Crippen LogP contribution in [0.2, 0.25) is 0 Å². The largest absolute Gasteiger partial charge is 0.492 e. The van der Waals surface area contributed by atoms with Crippen molar-refractivity contribution < 1.29 is 9.13 Å². The average Bonchev–Trinajstić information content (AvgIpc) is 3.41. The third-order valence-corrected chi connectivity index (χ3v) is 10.3. The second-order valence-corrected chi connectivity index (χ2v) is 11.9. The highest BCUT2D eigenvalue weighted by Crippen LogP contribution is 2.75. The van der Waals surface area contributed by atoms with Crippen LogP contribution < -0.4 is 0 Å². The summed E-state index contributed by atoms with van der Waals surface area (Å²) in [7, 11) is 0. The lowest BCUT2D eigenvalue weighted by Crippen LogP contribution is -2.82. The second kappa shape index (κ2) is 6.98. The number of ether oxygens (including phenoxy) is 1. The van der Waals surface area contributed by atoms with Gasteiger partial charge in [-0.2, -0.15) is 0 Å². The molecule has 3 saturated carbocycles. The van der Waals surface area contributed by atoms with Crippen molar-refractivity contribution >= 4 is 10.9 Å². The van der Waals surface area contributed by atoms with Gasteiger partial charge in [0.05, 0.1) is 6.04 Å². The highest BCUT2D eigenvalue weighted by molar-refractivity contribution is 5.85. The van der Waals surface area contributed by atoms with Gasteiger partial charge < -0.3 is 9.72 Å². The molecule has 3 unspecified atom stereocenters. The maximum Gasteiger partial charge on any atom is 0.118 e. The van der Waals surface area contributed by atoms with Gasteiger partial charge in [0.15, 0.2) is 0 Å². The lowest BCUT2D eigenvalue weighted by molar-refractivity contribution is -0.291. The minimum atomic E-state index is -0.110. The number of aromatic amines is 1. The van der Waals surface area contributed by atoms with Gasteiger partial charge in [0.25, 0.3) is 0 Å². The highest BCUT2D eigenvalue weighted by Gasteiger charge is 2.76. The number of rotatable bonds is 4. The summed E-state index contributed by atoms with van der Waals surface area (Å²) in [6, 6.07) is 9.16. The summed E-state index contributed by atoms with van der Waals surface area (Å²) < 4.78 is 22.3. The molecule has 7 aliphatic rings. The Kier molecular flexibility index (Phi) is 4.13. The van der Waals surface area contributed by atoms with Crippen molar-refractivity contribution in [1.29, 1.82) is 0 Å². The molecule has 2 saturated heterocycles. The summed E-state index contributed by atoms with van der Waals surface area (Å²) in [5.41, 5.74) is 4.14. The van der Waals surface area contributed by atoms with Gasteiger partial charge in [-0.1, -0.05) is 18.2 Å². The van der Waals surface area contributed by atoms with E-state index in [9.17, 15) is 0 Å². The summed E-state index contributed by atoms with van der Waals surface area (Å²) in [6.07, 6.45) is 10.3. The summed E-state index contributed by atoms with van der Waals surface area (Å²) >= 11 is 0. The molecule has 5 atom stereocenters. The van der Waals surface area contributed by atoms with Crippen LogP contribution in [0.15, 0.2) is 48.0 Å². The molecule has 4 nitrogen and oxygen atoms in total. The van der Waals surface area contributed by atoms with Gasteiger partial charge in [-0.3, -0.25) is 9.80 Å². The van der Waals surface area contributed by atoms with Crippen molar-refractivity contribution in [2.24, 2.45) is 23.7 Å². The van der Waals surface area contributed by atoms with Gasteiger partial charge in [-0.25, -0.2) is 4.39 Å². The second-order valence-electron chi connectivity index (χ2n) is 11.9. The molecule has 1 spiro atoms. The van der Waals surface area contributed by atoms with E-state index in [0.29, 0.717) is 18.6 Å². The molecular weight excluding hydrogens is 425 g/mol. The summed E-state index contributed by atoms with van der Waals surface area (Å²) in [6.45, 7) is 6.33. The van der Waals surface area contributed by atoms with Gasteiger partial charge in [0.2, 0.25) is 0 Å². The third kappa shape index (κ3) is 2.50. The van der Waals surface area contributed by atoms with Crippen LogP contribution >= 0.6 is 0 Å². The Labute approximate surface area is 200 Å². The van der Waals surface area contributed by atoms with Crippen molar-refractivity contribution in [3.8, 4) is 0 Å². The Morgan fingerprint density at radius 2 is 2.00 bits per heavy atom. The van der Waals surface area contributed by atoms with E-state index < -0.39 is 0 Å². The predicted molar refractivity (Wildman–Crippen MR) is 131 cm³/mol.